The molecule has 24 heavy (non-hydrogen) atoms. The lowest BCUT2D eigenvalue weighted by Crippen LogP contribution is -2.50. The van der Waals surface area contributed by atoms with Crippen LogP contribution in [0.4, 0.5) is 30.7 Å². The SMILES string of the molecule is O=C(c1ccc(Cl)cc1)c1nsnc1C(F)(F)C(F)(F)C(F)(F)F. The normalized spacial score (nSPS) is 13.2. The molecule has 130 valence electrons. The fourth-order valence-corrected chi connectivity index (χ4v) is 2.31. The molecular formula is C12H4ClF7N2OS. The van der Waals surface area contributed by atoms with Gasteiger partial charge in [-0.2, -0.15) is 39.5 Å². The molecule has 0 atom stereocenters. The molecule has 1 heterocycles. The van der Waals surface area contributed by atoms with Crippen LogP contribution in [0.15, 0.2) is 24.3 Å². The standard InChI is InChI=1S/C12H4ClF7N2OS/c13-6-3-1-5(2-4-6)8(23)7-9(22-24-21-7)10(14,15)11(16,17)12(18,19)20/h1-4H. The molecule has 0 unspecified atom stereocenters. The Labute approximate surface area is 138 Å². The molecule has 0 saturated heterocycles. The van der Waals surface area contributed by atoms with Gasteiger partial charge in [0.15, 0.2) is 11.4 Å². The predicted molar refractivity (Wildman–Crippen MR) is 69.7 cm³/mol. The molecule has 0 aliphatic rings. The van der Waals surface area contributed by atoms with Crippen LogP contribution in [0.1, 0.15) is 21.7 Å². The first-order valence-corrected chi connectivity index (χ1v) is 6.96. The van der Waals surface area contributed by atoms with E-state index in [1.165, 1.54) is 12.1 Å². The van der Waals surface area contributed by atoms with E-state index in [2.05, 4.69) is 8.75 Å². The van der Waals surface area contributed by atoms with Gasteiger partial charge < -0.3 is 0 Å². The maximum absolute atomic E-state index is 13.7. The molecule has 0 radical (unpaired) electrons. The van der Waals surface area contributed by atoms with E-state index in [0.717, 1.165) is 12.1 Å². The van der Waals surface area contributed by atoms with E-state index in [-0.39, 0.29) is 22.3 Å². The van der Waals surface area contributed by atoms with Crippen molar-refractivity contribution in [2.24, 2.45) is 0 Å². The van der Waals surface area contributed by atoms with Crippen LogP contribution in [0.25, 0.3) is 0 Å². The highest BCUT2D eigenvalue weighted by atomic mass is 35.5. The highest BCUT2D eigenvalue weighted by Gasteiger charge is 2.75. The number of benzene rings is 1. The van der Waals surface area contributed by atoms with Crippen molar-refractivity contribution in [1.82, 2.24) is 8.75 Å². The maximum atomic E-state index is 13.7. The first-order chi connectivity index (χ1) is 10.9. The zero-order chi connectivity index (χ0) is 18.3. The quantitative estimate of drug-likeness (QED) is 0.559. The van der Waals surface area contributed by atoms with Crippen LogP contribution in [-0.2, 0) is 5.92 Å². The lowest BCUT2D eigenvalue weighted by atomic mass is 10.0. The second kappa shape index (κ2) is 5.96. The van der Waals surface area contributed by atoms with Gasteiger partial charge in [0.05, 0.1) is 11.7 Å². The van der Waals surface area contributed by atoms with Crippen molar-refractivity contribution in [2.45, 2.75) is 18.0 Å². The summed E-state index contributed by atoms with van der Waals surface area (Å²) in [5.74, 6) is -13.5. The minimum absolute atomic E-state index is 0.0816. The Kier molecular flexibility index (Phi) is 4.61. The highest BCUT2D eigenvalue weighted by Crippen LogP contribution is 2.52. The van der Waals surface area contributed by atoms with Gasteiger partial charge in [0.1, 0.15) is 0 Å². The third-order valence-electron chi connectivity index (χ3n) is 2.86. The number of hydrogen-bond acceptors (Lipinski definition) is 4. The van der Waals surface area contributed by atoms with E-state index >= 15 is 0 Å². The van der Waals surface area contributed by atoms with Crippen molar-refractivity contribution in [3.63, 3.8) is 0 Å². The molecule has 2 rings (SSSR count). The van der Waals surface area contributed by atoms with Crippen LogP contribution < -0.4 is 0 Å². The maximum Gasteiger partial charge on any atom is 0.460 e. The zero-order valence-corrected chi connectivity index (χ0v) is 12.6. The van der Waals surface area contributed by atoms with Crippen LogP contribution in [-0.4, -0.2) is 26.6 Å². The first kappa shape index (κ1) is 18.6. The highest BCUT2D eigenvalue weighted by molar-refractivity contribution is 6.99. The molecule has 1 aromatic heterocycles. The van der Waals surface area contributed by atoms with Crippen molar-refractivity contribution >= 4 is 29.1 Å². The van der Waals surface area contributed by atoms with Gasteiger partial charge in [-0.05, 0) is 24.3 Å². The van der Waals surface area contributed by atoms with Gasteiger partial charge in [-0.15, -0.1) is 0 Å². The number of aromatic nitrogens is 2. The van der Waals surface area contributed by atoms with Crippen molar-refractivity contribution < 1.29 is 35.5 Å². The summed E-state index contributed by atoms with van der Waals surface area (Å²) in [5.41, 5.74) is -3.59. The van der Waals surface area contributed by atoms with Crippen LogP contribution in [0, 0.1) is 0 Å². The van der Waals surface area contributed by atoms with Crippen LogP contribution in [0.3, 0.4) is 0 Å². The van der Waals surface area contributed by atoms with Gasteiger partial charge in [0, 0.05) is 10.6 Å². The topological polar surface area (TPSA) is 42.9 Å². The molecule has 12 heteroatoms. The van der Waals surface area contributed by atoms with E-state index in [1.807, 2.05) is 0 Å². The summed E-state index contributed by atoms with van der Waals surface area (Å²) < 4.78 is 96.3. The molecule has 0 bridgehead atoms. The van der Waals surface area contributed by atoms with Crippen molar-refractivity contribution in [3.05, 3.63) is 46.2 Å². The molecule has 0 spiro atoms. The number of hydrogen-bond donors (Lipinski definition) is 0. The Balaban J connectivity index is 2.50. The molecule has 0 aliphatic carbocycles. The van der Waals surface area contributed by atoms with E-state index in [4.69, 9.17) is 11.6 Å². The molecule has 3 nitrogen and oxygen atoms in total. The summed E-state index contributed by atoms with van der Waals surface area (Å²) in [6, 6.07) is 4.56. The number of ketones is 1. The molecule has 0 saturated carbocycles. The fraction of sp³-hybridized carbons (Fsp3) is 0.250. The lowest BCUT2D eigenvalue weighted by molar-refractivity contribution is -0.360. The molecule has 0 fully saturated rings. The lowest BCUT2D eigenvalue weighted by Gasteiger charge is -2.27. The van der Waals surface area contributed by atoms with Gasteiger partial charge in [-0.1, -0.05) is 11.6 Å². The molecule has 0 aliphatic heterocycles. The minimum Gasteiger partial charge on any atom is -0.287 e. The Morgan fingerprint density at radius 1 is 0.958 bits per heavy atom. The number of alkyl halides is 7. The Hall–Kier alpha value is -1.75. The third-order valence-corrected chi connectivity index (χ3v) is 3.64. The fourth-order valence-electron chi connectivity index (χ4n) is 1.61. The van der Waals surface area contributed by atoms with Crippen molar-refractivity contribution in [2.75, 3.05) is 0 Å². The Bertz CT molecular complexity index is 758. The summed E-state index contributed by atoms with van der Waals surface area (Å²) in [6.45, 7) is 0. The number of halogens is 8. The first-order valence-electron chi connectivity index (χ1n) is 5.85. The Morgan fingerprint density at radius 2 is 1.50 bits per heavy atom. The Morgan fingerprint density at radius 3 is 2.00 bits per heavy atom. The summed E-state index contributed by atoms with van der Waals surface area (Å²) >= 11 is 5.49. The van der Waals surface area contributed by atoms with Crippen LogP contribution >= 0.6 is 23.3 Å². The number of carbonyl (C=O) groups excluding carboxylic acids is 1. The average Bonchev–Trinajstić information content (AvgIpc) is 2.96. The monoisotopic (exact) mass is 392 g/mol. The third kappa shape index (κ3) is 2.97. The van der Waals surface area contributed by atoms with Crippen LogP contribution in [0.5, 0.6) is 0 Å². The molecule has 0 amide bonds. The number of rotatable bonds is 4. The van der Waals surface area contributed by atoms with Gasteiger partial charge in [-0.3, -0.25) is 4.79 Å². The van der Waals surface area contributed by atoms with Gasteiger partial charge in [0.25, 0.3) is 0 Å². The smallest absolute Gasteiger partial charge is 0.287 e. The predicted octanol–water partition coefficient (Wildman–Crippen LogP) is 4.71. The van der Waals surface area contributed by atoms with E-state index in [1.54, 1.807) is 0 Å². The molecule has 0 N–H and O–H groups in total. The van der Waals surface area contributed by atoms with E-state index in [9.17, 15) is 35.5 Å². The average molecular weight is 393 g/mol. The van der Waals surface area contributed by atoms with Gasteiger partial charge >= 0.3 is 18.0 Å². The molecular weight excluding hydrogens is 389 g/mol. The second-order valence-corrected chi connectivity index (χ2v) is 5.41. The number of nitrogens with zero attached hydrogens (tertiary/aromatic N) is 2. The minimum atomic E-state index is -6.54. The zero-order valence-electron chi connectivity index (χ0n) is 11.0. The summed E-state index contributed by atoms with van der Waals surface area (Å²) in [5, 5.41) is 0.192. The number of carbonyl (C=O) groups is 1. The largest absolute Gasteiger partial charge is 0.460 e. The van der Waals surface area contributed by atoms with Gasteiger partial charge in [0.2, 0.25) is 5.78 Å². The van der Waals surface area contributed by atoms with Crippen molar-refractivity contribution in [3.8, 4) is 0 Å². The summed E-state index contributed by atoms with van der Waals surface area (Å²) in [7, 11) is 0. The van der Waals surface area contributed by atoms with Gasteiger partial charge in [-0.25, -0.2) is 0 Å². The molecule has 1 aromatic carbocycles. The summed E-state index contributed by atoms with van der Waals surface area (Å²) in [6.07, 6.45) is -6.54. The van der Waals surface area contributed by atoms with Crippen molar-refractivity contribution in [1.29, 1.82) is 0 Å². The van der Waals surface area contributed by atoms with E-state index < -0.39 is 35.2 Å². The second-order valence-electron chi connectivity index (χ2n) is 4.44. The molecule has 2 aromatic rings. The van der Waals surface area contributed by atoms with Crippen LogP contribution in [0.2, 0.25) is 5.02 Å². The van der Waals surface area contributed by atoms with E-state index in [0.29, 0.717) is 0 Å². The summed E-state index contributed by atoms with van der Waals surface area (Å²) in [4.78, 5) is 12.1.